The van der Waals surface area contributed by atoms with E-state index in [2.05, 4.69) is 0 Å². The number of aliphatic hydroxyl groups is 1. The number of hydrogen-bond donors (Lipinski definition) is 2. The number of benzene rings is 3. The molecule has 28 heavy (non-hydrogen) atoms. The van der Waals surface area contributed by atoms with Gasteiger partial charge in [0.2, 0.25) is 0 Å². The monoisotopic (exact) mass is 377 g/mol. The number of fused-ring (bicyclic) bond motifs is 1. The molecule has 5 heteroatoms. The highest BCUT2D eigenvalue weighted by atomic mass is 19.1. The summed E-state index contributed by atoms with van der Waals surface area (Å²) in [5.41, 5.74) is 0.785. The molecule has 0 aliphatic carbocycles. The Balaban J connectivity index is 1.65. The zero-order chi connectivity index (χ0) is 19.7. The molecule has 0 fully saturated rings. The fourth-order valence-corrected chi connectivity index (χ4v) is 3.76. The van der Waals surface area contributed by atoms with Crippen LogP contribution >= 0.6 is 0 Å². The molecule has 1 amide bonds. The lowest BCUT2D eigenvalue weighted by Crippen LogP contribution is -2.40. The van der Waals surface area contributed by atoms with Gasteiger partial charge < -0.3 is 15.1 Å². The van der Waals surface area contributed by atoms with Crippen molar-refractivity contribution in [1.29, 1.82) is 0 Å². The average Bonchev–Trinajstić information content (AvgIpc) is 2.90. The van der Waals surface area contributed by atoms with E-state index in [-0.39, 0.29) is 24.5 Å². The van der Waals surface area contributed by atoms with E-state index in [1.807, 2.05) is 0 Å². The number of phenols is 1. The number of para-hydroxylation sites is 2. The summed E-state index contributed by atoms with van der Waals surface area (Å²) >= 11 is 0. The number of carbonyl (C=O) groups is 1. The summed E-state index contributed by atoms with van der Waals surface area (Å²) in [5.74, 6) is -0.665. The normalized spacial score (nSPS) is 18.4. The Labute approximate surface area is 162 Å². The summed E-state index contributed by atoms with van der Waals surface area (Å²) in [7, 11) is 0. The van der Waals surface area contributed by atoms with Gasteiger partial charge in [0.25, 0.3) is 5.91 Å². The first-order valence-electron chi connectivity index (χ1n) is 9.14. The van der Waals surface area contributed by atoms with Gasteiger partial charge in [-0.25, -0.2) is 4.39 Å². The minimum absolute atomic E-state index is 0.139. The Morgan fingerprint density at radius 2 is 1.71 bits per heavy atom. The summed E-state index contributed by atoms with van der Waals surface area (Å²) in [5, 5.41) is 21.3. The first-order valence-corrected chi connectivity index (χ1v) is 9.14. The highest BCUT2D eigenvalue weighted by molar-refractivity contribution is 6.06. The van der Waals surface area contributed by atoms with Crippen molar-refractivity contribution in [3.8, 4) is 5.75 Å². The Morgan fingerprint density at radius 3 is 2.50 bits per heavy atom. The first kappa shape index (κ1) is 18.2. The third-order valence-electron chi connectivity index (χ3n) is 5.22. The van der Waals surface area contributed by atoms with Crippen LogP contribution in [0.2, 0.25) is 0 Å². The van der Waals surface area contributed by atoms with Crippen molar-refractivity contribution >= 4 is 11.6 Å². The number of aromatic hydroxyl groups is 1. The zero-order valence-electron chi connectivity index (χ0n) is 15.2. The number of carbonyl (C=O) groups excluding carboxylic acids is 1. The molecular weight excluding hydrogens is 357 g/mol. The molecule has 0 aromatic heterocycles. The predicted molar refractivity (Wildman–Crippen MR) is 104 cm³/mol. The van der Waals surface area contributed by atoms with Gasteiger partial charge in [-0.05, 0) is 48.2 Å². The van der Waals surface area contributed by atoms with E-state index >= 15 is 0 Å². The molecular formula is C23H20FNO3. The van der Waals surface area contributed by atoms with Gasteiger partial charge in [-0.2, -0.15) is 0 Å². The lowest BCUT2D eigenvalue weighted by Gasteiger charge is -2.23. The molecule has 1 aliphatic rings. The molecule has 1 aliphatic heterocycles. The second-order valence-corrected chi connectivity index (χ2v) is 7.03. The molecule has 0 saturated carbocycles. The number of phenolic OH excluding ortho intramolecular Hbond substituents is 1. The molecule has 3 aromatic carbocycles. The first-order chi connectivity index (χ1) is 13.5. The van der Waals surface area contributed by atoms with E-state index in [1.165, 1.54) is 17.0 Å². The summed E-state index contributed by atoms with van der Waals surface area (Å²) < 4.78 is 13.6. The molecule has 3 aromatic rings. The van der Waals surface area contributed by atoms with Crippen LogP contribution < -0.4 is 4.90 Å². The van der Waals surface area contributed by atoms with Crippen LogP contribution in [0.4, 0.5) is 10.1 Å². The molecule has 0 bridgehead atoms. The molecule has 2 N–H and O–H groups in total. The smallest absolute Gasteiger partial charge is 0.264 e. The maximum absolute atomic E-state index is 13.6. The van der Waals surface area contributed by atoms with Gasteiger partial charge in [0.05, 0.1) is 12.2 Å². The minimum Gasteiger partial charge on any atom is -0.508 e. The highest BCUT2D eigenvalue weighted by Crippen LogP contribution is 2.43. The van der Waals surface area contributed by atoms with Gasteiger partial charge >= 0.3 is 0 Å². The number of halogens is 1. The summed E-state index contributed by atoms with van der Waals surface area (Å²) in [6.45, 7) is 0.173. The van der Waals surface area contributed by atoms with Crippen LogP contribution in [-0.2, 0) is 23.4 Å². The summed E-state index contributed by atoms with van der Waals surface area (Å²) in [4.78, 5) is 14.7. The van der Waals surface area contributed by atoms with Crippen molar-refractivity contribution in [1.82, 2.24) is 0 Å². The summed E-state index contributed by atoms with van der Waals surface area (Å²) in [6, 6.07) is 20.1. The topological polar surface area (TPSA) is 60.8 Å². The van der Waals surface area contributed by atoms with Gasteiger partial charge in [0.1, 0.15) is 11.6 Å². The van der Waals surface area contributed by atoms with Crippen molar-refractivity contribution in [2.24, 2.45) is 0 Å². The van der Waals surface area contributed by atoms with E-state index in [0.717, 1.165) is 0 Å². The molecule has 0 spiro atoms. The van der Waals surface area contributed by atoms with Crippen molar-refractivity contribution < 1.29 is 19.4 Å². The van der Waals surface area contributed by atoms with Crippen LogP contribution in [-0.4, -0.2) is 16.1 Å². The van der Waals surface area contributed by atoms with Crippen molar-refractivity contribution in [3.05, 3.63) is 95.3 Å². The maximum atomic E-state index is 13.6. The number of amides is 1. The van der Waals surface area contributed by atoms with Gasteiger partial charge in [-0.15, -0.1) is 0 Å². The number of rotatable bonds is 5. The van der Waals surface area contributed by atoms with Gasteiger partial charge in [0.15, 0.2) is 5.60 Å². The molecule has 1 heterocycles. The van der Waals surface area contributed by atoms with Crippen LogP contribution in [0.3, 0.4) is 0 Å². The van der Waals surface area contributed by atoms with Crippen LogP contribution in [0.25, 0.3) is 0 Å². The number of nitrogens with zero attached hydrogens (tertiary/aromatic N) is 1. The van der Waals surface area contributed by atoms with Crippen molar-refractivity contribution in [2.75, 3.05) is 4.90 Å². The zero-order valence-corrected chi connectivity index (χ0v) is 15.2. The number of hydrogen-bond acceptors (Lipinski definition) is 3. The minimum atomic E-state index is -1.69. The molecule has 142 valence electrons. The Bertz CT molecular complexity index is 1040. The lowest BCUT2D eigenvalue weighted by molar-refractivity contribution is -0.136. The maximum Gasteiger partial charge on any atom is 0.264 e. The molecule has 4 rings (SSSR count). The fourth-order valence-electron chi connectivity index (χ4n) is 3.76. The van der Waals surface area contributed by atoms with E-state index in [1.54, 1.807) is 60.7 Å². The number of aryl methyl sites for hydroxylation is 1. The van der Waals surface area contributed by atoms with Gasteiger partial charge in [0, 0.05) is 5.56 Å². The Morgan fingerprint density at radius 1 is 0.964 bits per heavy atom. The molecule has 4 nitrogen and oxygen atoms in total. The highest BCUT2D eigenvalue weighted by Gasteiger charge is 2.49. The van der Waals surface area contributed by atoms with E-state index in [9.17, 15) is 19.4 Å². The van der Waals surface area contributed by atoms with Crippen molar-refractivity contribution in [3.63, 3.8) is 0 Å². The molecule has 1 unspecified atom stereocenters. The molecule has 0 saturated heterocycles. The van der Waals surface area contributed by atoms with E-state index in [4.69, 9.17) is 0 Å². The number of anilines is 1. The lowest BCUT2D eigenvalue weighted by atomic mass is 9.88. The second-order valence-electron chi connectivity index (χ2n) is 7.03. The van der Waals surface area contributed by atoms with Gasteiger partial charge in [-0.1, -0.05) is 48.5 Å². The molecule has 0 radical (unpaired) electrons. The van der Waals surface area contributed by atoms with Gasteiger partial charge in [-0.3, -0.25) is 4.79 Å². The summed E-state index contributed by atoms with van der Waals surface area (Å²) in [6.07, 6.45) is 0.483. The predicted octanol–water partition coefficient (Wildman–Crippen LogP) is 3.90. The van der Waals surface area contributed by atoms with Crippen LogP contribution in [0.1, 0.15) is 23.1 Å². The standard InChI is InChI=1S/C23H20FNO3/c24-18-8-5-6-16(14-18)15-25-20-10-3-2-9-19(20)23(28,22(25)27)13-12-17-7-1-4-11-21(17)26/h1-11,14,26,28H,12-13,15H2. The Hall–Kier alpha value is -3.18. The third kappa shape index (κ3) is 3.14. The third-order valence-corrected chi connectivity index (χ3v) is 5.22. The average molecular weight is 377 g/mol. The molecule has 1 atom stereocenters. The van der Waals surface area contributed by atoms with E-state index in [0.29, 0.717) is 28.8 Å². The largest absolute Gasteiger partial charge is 0.508 e. The van der Waals surface area contributed by atoms with Crippen LogP contribution in [0, 0.1) is 5.82 Å². The quantitative estimate of drug-likeness (QED) is 0.709. The van der Waals surface area contributed by atoms with Crippen LogP contribution in [0.5, 0.6) is 5.75 Å². The fraction of sp³-hybridized carbons (Fsp3) is 0.174. The van der Waals surface area contributed by atoms with E-state index < -0.39 is 11.5 Å². The Kier molecular flexibility index (Phi) is 4.61. The van der Waals surface area contributed by atoms with Crippen LogP contribution in [0.15, 0.2) is 72.8 Å². The second kappa shape index (κ2) is 7.09. The SMILES string of the molecule is O=C1N(Cc2cccc(F)c2)c2ccccc2C1(O)CCc1ccccc1O. The van der Waals surface area contributed by atoms with Crippen molar-refractivity contribution in [2.45, 2.75) is 25.0 Å².